The van der Waals surface area contributed by atoms with Crippen molar-refractivity contribution in [1.29, 1.82) is 0 Å². The largest absolute Gasteiger partial charge is 0.344 e. The summed E-state index contributed by atoms with van der Waals surface area (Å²) in [7, 11) is 0. The van der Waals surface area contributed by atoms with E-state index in [4.69, 9.17) is 0 Å². The summed E-state index contributed by atoms with van der Waals surface area (Å²) in [4.78, 5) is 4.61. The zero-order valence-corrected chi connectivity index (χ0v) is 9.74. The minimum Gasteiger partial charge on any atom is -0.344 e. The SMILES string of the molecule is CC1CCC(Nc2ccccc2C2CC2)=N1. The molecule has 1 atom stereocenters. The van der Waals surface area contributed by atoms with E-state index in [1.807, 2.05) is 0 Å². The number of hydrogen-bond acceptors (Lipinski definition) is 2. The number of para-hydroxylation sites is 1. The Balaban J connectivity index is 1.81. The molecule has 1 aromatic carbocycles. The van der Waals surface area contributed by atoms with Crippen molar-refractivity contribution >= 4 is 11.5 Å². The fourth-order valence-electron chi connectivity index (χ4n) is 2.35. The maximum atomic E-state index is 4.61. The minimum atomic E-state index is 0.496. The Bertz CT molecular complexity index is 418. The first kappa shape index (κ1) is 9.88. The van der Waals surface area contributed by atoms with Crippen LogP contribution in [0, 0.1) is 0 Å². The van der Waals surface area contributed by atoms with E-state index in [1.54, 1.807) is 0 Å². The van der Waals surface area contributed by atoms with Crippen LogP contribution in [0.15, 0.2) is 29.3 Å². The smallest absolute Gasteiger partial charge is 0.101 e. The van der Waals surface area contributed by atoms with Gasteiger partial charge in [-0.3, -0.25) is 4.99 Å². The van der Waals surface area contributed by atoms with Crippen LogP contribution >= 0.6 is 0 Å². The van der Waals surface area contributed by atoms with Gasteiger partial charge in [-0.25, -0.2) is 0 Å². The summed E-state index contributed by atoms with van der Waals surface area (Å²) in [5.41, 5.74) is 2.75. The van der Waals surface area contributed by atoms with Gasteiger partial charge in [0, 0.05) is 18.2 Å². The van der Waals surface area contributed by atoms with Gasteiger partial charge in [-0.15, -0.1) is 0 Å². The molecule has 1 heterocycles. The third-order valence-corrected chi connectivity index (χ3v) is 3.43. The zero-order valence-electron chi connectivity index (χ0n) is 9.74. The highest BCUT2D eigenvalue weighted by Crippen LogP contribution is 2.43. The molecule has 2 aliphatic rings. The van der Waals surface area contributed by atoms with Crippen molar-refractivity contribution in [3.8, 4) is 0 Å². The van der Waals surface area contributed by atoms with Crippen LogP contribution in [0.3, 0.4) is 0 Å². The Labute approximate surface area is 96.8 Å². The summed E-state index contributed by atoms with van der Waals surface area (Å²) < 4.78 is 0. The Morgan fingerprint density at radius 2 is 2.00 bits per heavy atom. The summed E-state index contributed by atoms with van der Waals surface area (Å²) in [6.45, 7) is 2.18. The van der Waals surface area contributed by atoms with Crippen molar-refractivity contribution < 1.29 is 0 Å². The molecule has 2 nitrogen and oxygen atoms in total. The van der Waals surface area contributed by atoms with E-state index < -0.39 is 0 Å². The summed E-state index contributed by atoms with van der Waals surface area (Å²) in [5.74, 6) is 1.96. The summed E-state index contributed by atoms with van der Waals surface area (Å²) in [6, 6.07) is 9.17. The van der Waals surface area contributed by atoms with Crippen molar-refractivity contribution in [1.82, 2.24) is 0 Å². The molecule has 1 aromatic rings. The average molecular weight is 214 g/mol. The topological polar surface area (TPSA) is 24.4 Å². The second-order valence-electron chi connectivity index (χ2n) is 4.95. The van der Waals surface area contributed by atoms with Gasteiger partial charge in [-0.05, 0) is 43.7 Å². The van der Waals surface area contributed by atoms with Crippen molar-refractivity contribution in [2.24, 2.45) is 4.99 Å². The van der Waals surface area contributed by atoms with Gasteiger partial charge in [0.05, 0.1) is 0 Å². The standard InChI is InChI=1S/C14H18N2/c1-10-6-9-14(15-10)16-13-5-3-2-4-12(13)11-7-8-11/h2-5,10-11H,6-9H2,1H3,(H,15,16). The molecule has 1 aliphatic carbocycles. The first-order chi connectivity index (χ1) is 7.83. The van der Waals surface area contributed by atoms with Crippen LogP contribution in [0.4, 0.5) is 5.69 Å². The highest BCUT2D eigenvalue weighted by atomic mass is 15.0. The lowest BCUT2D eigenvalue weighted by Crippen LogP contribution is -2.09. The Kier molecular flexibility index (Phi) is 2.43. The van der Waals surface area contributed by atoms with Gasteiger partial charge in [0.2, 0.25) is 0 Å². The molecule has 1 unspecified atom stereocenters. The van der Waals surface area contributed by atoms with Gasteiger partial charge in [0.15, 0.2) is 0 Å². The molecular weight excluding hydrogens is 196 g/mol. The Morgan fingerprint density at radius 3 is 2.69 bits per heavy atom. The van der Waals surface area contributed by atoms with Gasteiger partial charge < -0.3 is 5.32 Å². The van der Waals surface area contributed by atoms with Crippen LogP contribution in [-0.4, -0.2) is 11.9 Å². The van der Waals surface area contributed by atoms with Crippen molar-refractivity contribution in [3.63, 3.8) is 0 Å². The second kappa shape index (κ2) is 3.93. The quantitative estimate of drug-likeness (QED) is 0.799. The number of aliphatic imine (C=N–C) groups is 1. The van der Waals surface area contributed by atoms with Crippen LogP contribution < -0.4 is 5.32 Å². The molecular formula is C14H18N2. The minimum absolute atomic E-state index is 0.496. The average Bonchev–Trinajstić information content (AvgIpc) is 3.04. The lowest BCUT2D eigenvalue weighted by Gasteiger charge is -2.10. The van der Waals surface area contributed by atoms with E-state index in [2.05, 4.69) is 41.5 Å². The van der Waals surface area contributed by atoms with Crippen molar-refractivity contribution in [3.05, 3.63) is 29.8 Å². The number of benzene rings is 1. The molecule has 0 radical (unpaired) electrons. The maximum absolute atomic E-state index is 4.61. The first-order valence-corrected chi connectivity index (χ1v) is 6.25. The van der Waals surface area contributed by atoms with Crippen LogP contribution in [-0.2, 0) is 0 Å². The van der Waals surface area contributed by atoms with Crippen LogP contribution in [0.5, 0.6) is 0 Å². The number of anilines is 1. The van der Waals surface area contributed by atoms with Gasteiger partial charge >= 0.3 is 0 Å². The molecule has 1 saturated carbocycles. The van der Waals surface area contributed by atoms with Gasteiger partial charge in [-0.1, -0.05) is 18.2 Å². The molecule has 3 rings (SSSR count). The lowest BCUT2D eigenvalue weighted by atomic mass is 10.1. The third kappa shape index (κ3) is 1.97. The lowest BCUT2D eigenvalue weighted by molar-refractivity contribution is 0.739. The molecule has 2 heteroatoms. The van der Waals surface area contributed by atoms with Gasteiger partial charge in [0.1, 0.15) is 5.84 Å². The second-order valence-corrected chi connectivity index (χ2v) is 4.95. The van der Waals surface area contributed by atoms with E-state index in [-0.39, 0.29) is 0 Å². The van der Waals surface area contributed by atoms with Crippen LogP contribution in [0.25, 0.3) is 0 Å². The predicted octanol–water partition coefficient (Wildman–Crippen LogP) is 3.56. The summed E-state index contributed by atoms with van der Waals surface area (Å²) in [6.07, 6.45) is 4.98. The van der Waals surface area contributed by atoms with E-state index in [9.17, 15) is 0 Å². The molecule has 84 valence electrons. The van der Waals surface area contributed by atoms with Crippen LogP contribution in [0.2, 0.25) is 0 Å². The number of hydrogen-bond donors (Lipinski definition) is 1. The fraction of sp³-hybridized carbons (Fsp3) is 0.500. The molecule has 0 saturated heterocycles. The molecule has 1 fully saturated rings. The highest BCUT2D eigenvalue weighted by Gasteiger charge is 2.26. The predicted molar refractivity (Wildman–Crippen MR) is 68.2 cm³/mol. The van der Waals surface area contributed by atoms with Crippen molar-refractivity contribution in [2.45, 2.75) is 44.6 Å². The van der Waals surface area contributed by atoms with Crippen molar-refractivity contribution in [2.75, 3.05) is 5.32 Å². The molecule has 16 heavy (non-hydrogen) atoms. The Morgan fingerprint density at radius 1 is 1.19 bits per heavy atom. The zero-order chi connectivity index (χ0) is 11.0. The van der Waals surface area contributed by atoms with Gasteiger partial charge in [0.25, 0.3) is 0 Å². The molecule has 0 amide bonds. The highest BCUT2D eigenvalue weighted by molar-refractivity contribution is 5.97. The molecule has 1 N–H and O–H groups in total. The van der Waals surface area contributed by atoms with E-state index in [1.165, 1.54) is 36.3 Å². The van der Waals surface area contributed by atoms with Crippen LogP contribution in [0.1, 0.15) is 44.1 Å². The fourth-order valence-corrected chi connectivity index (χ4v) is 2.35. The number of nitrogens with zero attached hydrogens (tertiary/aromatic N) is 1. The third-order valence-electron chi connectivity index (χ3n) is 3.43. The van der Waals surface area contributed by atoms with E-state index >= 15 is 0 Å². The maximum Gasteiger partial charge on any atom is 0.101 e. The number of amidine groups is 1. The normalized spacial score (nSPS) is 24.3. The van der Waals surface area contributed by atoms with E-state index in [0.717, 1.165) is 12.3 Å². The molecule has 1 aliphatic heterocycles. The molecule has 0 spiro atoms. The summed E-state index contributed by atoms with van der Waals surface area (Å²) in [5, 5.41) is 3.51. The van der Waals surface area contributed by atoms with Gasteiger partial charge in [-0.2, -0.15) is 0 Å². The number of rotatable bonds is 2. The first-order valence-electron chi connectivity index (χ1n) is 6.25. The monoisotopic (exact) mass is 214 g/mol. The molecule has 0 bridgehead atoms. The van der Waals surface area contributed by atoms with E-state index in [0.29, 0.717) is 6.04 Å². The Hall–Kier alpha value is -1.31. The summed E-state index contributed by atoms with van der Waals surface area (Å²) >= 11 is 0. The number of nitrogens with one attached hydrogen (secondary N) is 1. The molecule has 0 aromatic heterocycles.